The van der Waals surface area contributed by atoms with Crippen LogP contribution in [0.3, 0.4) is 0 Å². The van der Waals surface area contributed by atoms with Gasteiger partial charge in [0.2, 0.25) is 0 Å². The van der Waals surface area contributed by atoms with E-state index < -0.39 is 0 Å². The summed E-state index contributed by atoms with van der Waals surface area (Å²) in [6, 6.07) is 11.7. The standard InChI is InChI=1S/C15H16Cl2N2/c1-10(13-9-12(16)6-7-14(13)17)19-11(2)15-5-3-4-8-18-15/h3-11,19H,1-2H3/t10?,11-/m1/s1. The first-order valence-corrected chi connectivity index (χ1v) is 6.95. The van der Waals surface area contributed by atoms with Gasteiger partial charge in [-0.2, -0.15) is 0 Å². The van der Waals surface area contributed by atoms with Gasteiger partial charge in [0.15, 0.2) is 0 Å². The number of nitrogens with one attached hydrogen (secondary N) is 1. The van der Waals surface area contributed by atoms with Crippen LogP contribution in [0.15, 0.2) is 42.6 Å². The van der Waals surface area contributed by atoms with Gasteiger partial charge in [-0.25, -0.2) is 0 Å². The Morgan fingerprint density at radius 2 is 1.84 bits per heavy atom. The Morgan fingerprint density at radius 3 is 2.53 bits per heavy atom. The maximum absolute atomic E-state index is 6.21. The van der Waals surface area contributed by atoms with Gasteiger partial charge >= 0.3 is 0 Å². The predicted molar refractivity (Wildman–Crippen MR) is 80.7 cm³/mol. The molecule has 1 heterocycles. The minimum atomic E-state index is 0.100. The minimum Gasteiger partial charge on any atom is -0.302 e. The molecule has 1 unspecified atom stereocenters. The number of nitrogens with zero attached hydrogens (tertiary/aromatic N) is 1. The van der Waals surface area contributed by atoms with E-state index in [4.69, 9.17) is 23.2 Å². The number of rotatable bonds is 4. The van der Waals surface area contributed by atoms with Gasteiger partial charge in [-0.15, -0.1) is 0 Å². The Labute approximate surface area is 123 Å². The van der Waals surface area contributed by atoms with Gasteiger partial charge in [-0.3, -0.25) is 4.98 Å². The first-order chi connectivity index (χ1) is 9.08. The smallest absolute Gasteiger partial charge is 0.0570 e. The molecule has 0 saturated heterocycles. The van der Waals surface area contributed by atoms with E-state index in [0.717, 1.165) is 16.3 Å². The van der Waals surface area contributed by atoms with E-state index in [2.05, 4.69) is 24.1 Å². The van der Waals surface area contributed by atoms with Crippen LogP contribution >= 0.6 is 23.2 Å². The number of hydrogen-bond acceptors (Lipinski definition) is 2. The van der Waals surface area contributed by atoms with Crippen molar-refractivity contribution in [1.29, 1.82) is 0 Å². The molecule has 2 aromatic rings. The number of hydrogen-bond donors (Lipinski definition) is 1. The fraction of sp³-hybridized carbons (Fsp3) is 0.267. The van der Waals surface area contributed by atoms with Crippen LogP contribution in [0.4, 0.5) is 0 Å². The molecule has 0 aliphatic heterocycles. The minimum absolute atomic E-state index is 0.100. The second-order valence-corrected chi connectivity index (χ2v) is 5.37. The summed E-state index contributed by atoms with van der Waals surface area (Å²) in [7, 11) is 0. The summed E-state index contributed by atoms with van der Waals surface area (Å²) in [6.45, 7) is 4.15. The predicted octanol–water partition coefficient (Wildman–Crippen LogP) is 4.80. The molecule has 0 aliphatic rings. The Bertz CT molecular complexity index is 543. The molecular formula is C15H16Cl2N2. The van der Waals surface area contributed by atoms with Crippen molar-refractivity contribution in [2.45, 2.75) is 25.9 Å². The molecule has 19 heavy (non-hydrogen) atoms. The summed E-state index contributed by atoms with van der Waals surface area (Å²) >= 11 is 12.2. The van der Waals surface area contributed by atoms with Gasteiger partial charge < -0.3 is 5.32 Å². The van der Waals surface area contributed by atoms with Crippen molar-refractivity contribution < 1.29 is 0 Å². The van der Waals surface area contributed by atoms with E-state index >= 15 is 0 Å². The SMILES string of the molecule is CC(N[C@H](C)c1ccccn1)c1cc(Cl)ccc1Cl. The maximum Gasteiger partial charge on any atom is 0.0570 e. The van der Waals surface area contributed by atoms with E-state index in [1.54, 1.807) is 12.3 Å². The van der Waals surface area contributed by atoms with Crippen molar-refractivity contribution in [3.8, 4) is 0 Å². The van der Waals surface area contributed by atoms with Crippen LogP contribution in [0.2, 0.25) is 10.0 Å². The molecule has 1 aromatic heterocycles. The molecule has 1 aromatic carbocycles. The Balaban J connectivity index is 2.13. The van der Waals surface area contributed by atoms with Crippen molar-refractivity contribution in [3.63, 3.8) is 0 Å². The summed E-state index contributed by atoms with van der Waals surface area (Å²) in [5.74, 6) is 0. The van der Waals surface area contributed by atoms with Crippen molar-refractivity contribution in [2.75, 3.05) is 0 Å². The van der Waals surface area contributed by atoms with E-state index in [-0.39, 0.29) is 12.1 Å². The lowest BCUT2D eigenvalue weighted by molar-refractivity contribution is 0.486. The zero-order valence-corrected chi connectivity index (χ0v) is 12.4. The van der Waals surface area contributed by atoms with Crippen LogP contribution in [0, 0.1) is 0 Å². The lowest BCUT2D eigenvalue weighted by atomic mass is 10.1. The average Bonchev–Trinajstić information content (AvgIpc) is 2.42. The summed E-state index contributed by atoms with van der Waals surface area (Å²) in [6.07, 6.45) is 1.80. The van der Waals surface area contributed by atoms with Crippen LogP contribution in [-0.4, -0.2) is 4.98 Å². The molecule has 0 spiro atoms. The van der Waals surface area contributed by atoms with E-state index in [0.29, 0.717) is 5.02 Å². The van der Waals surface area contributed by atoms with Crippen LogP contribution in [0.1, 0.15) is 37.2 Å². The highest BCUT2D eigenvalue weighted by atomic mass is 35.5. The second kappa shape index (κ2) is 6.38. The van der Waals surface area contributed by atoms with Gasteiger partial charge in [0.25, 0.3) is 0 Å². The molecule has 0 saturated carbocycles. The third-order valence-corrected chi connectivity index (χ3v) is 3.64. The van der Waals surface area contributed by atoms with Crippen molar-refractivity contribution in [3.05, 3.63) is 63.9 Å². The van der Waals surface area contributed by atoms with Gasteiger partial charge in [-0.1, -0.05) is 29.3 Å². The molecule has 2 rings (SSSR count). The molecule has 2 atom stereocenters. The Kier molecular flexibility index (Phi) is 4.81. The summed E-state index contributed by atoms with van der Waals surface area (Å²) < 4.78 is 0. The highest BCUT2D eigenvalue weighted by molar-refractivity contribution is 6.33. The summed E-state index contributed by atoms with van der Waals surface area (Å²) in [4.78, 5) is 4.34. The fourth-order valence-corrected chi connectivity index (χ4v) is 2.49. The van der Waals surface area contributed by atoms with Gasteiger partial charge in [-0.05, 0) is 49.7 Å². The van der Waals surface area contributed by atoms with Crippen molar-refractivity contribution in [1.82, 2.24) is 10.3 Å². The summed E-state index contributed by atoms with van der Waals surface area (Å²) in [5, 5.41) is 4.89. The number of halogens is 2. The highest BCUT2D eigenvalue weighted by Crippen LogP contribution is 2.27. The molecule has 0 radical (unpaired) electrons. The average molecular weight is 295 g/mol. The number of aromatic nitrogens is 1. The quantitative estimate of drug-likeness (QED) is 0.876. The Hall–Kier alpha value is -1.09. The van der Waals surface area contributed by atoms with Crippen molar-refractivity contribution in [2.24, 2.45) is 0 Å². The fourth-order valence-electron chi connectivity index (χ4n) is 2.03. The molecule has 0 aliphatic carbocycles. The van der Waals surface area contributed by atoms with Crippen LogP contribution in [0.5, 0.6) is 0 Å². The third kappa shape index (κ3) is 3.69. The van der Waals surface area contributed by atoms with E-state index in [9.17, 15) is 0 Å². The van der Waals surface area contributed by atoms with Gasteiger partial charge in [0.05, 0.1) is 5.69 Å². The number of benzene rings is 1. The second-order valence-electron chi connectivity index (χ2n) is 4.53. The molecular weight excluding hydrogens is 279 g/mol. The molecule has 0 fully saturated rings. The van der Waals surface area contributed by atoms with Gasteiger partial charge in [0.1, 0.15) is 0 Å². The van der Waals surface area contributed by atoms with Crippen LogP contribution in [-0.2, 0) is 0 Å². The third-order valence-electron chi connectivity index (χ3n) is 3.06. The number of pyridine rings is 1. The molecule has 4 heteroatoms. The summed E-state index contributed by atoms with van der Waals surface area (Å²) in [5.41, 5.74) is 2.00. The van der Waals surface area contributed by atoms with E-state index in [1.165, 1.54) is 0 Å². The highest BCUT2D eigenvalue weighted by Gasteiger charge is 2.14. The molecule has 2 nitrogen and oxygen atoms in total. The maximum atomic E-state index is 6.21. The normalized spacial score (nSPS) is 14.1. The lowest BCUT2D eigenvalue weighted by Crippen LogP contribution is -2.23. The first kappa shape index (κ1) is 14.3. The topological polar surface area (TPSA) is 24.9 Å². The lowest BCUT2D eigenvalue weighted by Gasteiger charge is -2.21. The zero-order chi connectivity index (χ0) is 13.8. The first-order valence-electron chi connectivity index (χ1n) is 6.20. The van der Waals surface area contributed by atoms with Gasteiger partial charge in [0, 0.05) is 28.3 Å². The molecule has 1 N–H and O–H groups in total. The van der Waals surface area contributed by atoms with E-state index in [1.807, 2.05) is 30.3 Å². The molecule has 100 valence electrons. The largest absolute Gasteiger partial charge is 0.302 e. The molecule has 0 amide bonds. The monoisotopic (exact) mass is 294 g/mol. The zero-order valence-electron chi connectivity index (χ0n) is 10.9. The van der Waals surface area contributed by atoms with Crippen molar-refractivity contribution >= 4 is 23.2 Å². The molecule has 0 bridgehead atoms. The Morgan fingerprint density at radius 1 is 1.05 bits per heavy atom. The van der Waals surface area contributed by atoms with Crippen LogP contribution in [0.25, 0.3) is 0 Å². The van der Waals surface area contributed by atoms with Crippen LogP contribution < -0.4 is 5.32 Å².